The van der Waals surface area contributed by atoms with Crippen LogP contribution in [0.4, 0.5) is 5.82 Å². The van der Waals surface area contributed by atoms with Gasteiger partial charge in [0.05, 0.1) is 18.5 Å². The van der Waals surface area contributed by atoms with Gasteiger partial charge < -0.3 is 14.8 Å². The lowest BCUT2D eigenvalue weighted by Gasteiger charge is -2.12. The number of esters is 1. The molecule has 0 aliphatic carbocycles. The van der Waals surface area contributed by atoms with E-state index in [0.717, 1.165) is 10.8 Å². The molecule has 0 aliphatic heterocycles. The molecule has 0 saturated heterocycles. The molecule has 0 atom stereocenters. The number of benzene rings is 3. The van der Waals surface area contributed by atoms with Gasteiger partial charge in [-0.15, -0.1) is 0 Å². The minimum absolute atomic E-state index is 0.171. The molecule has 0 aliphatic rings. The molecule has 0 saturated carbocycles. The van der Waals surface area contributed by atoms with Crippen LogP contribution in [0, 0.1) is 0 Å². The molecule has 156 valence electrons. The minimum atomic E-state index is -0.560. The van der Waals surface area contributed by atoms with Gasteiger partial charge in [-0.2, -0.15) is 5.10 Å². The first kappa shape index (κ1) is 20.2. The van der Waals surface area contributed by atoms with Crippen LogP contribution in [-0.2, 0) is 9.53 Å². The normalized spacial score (nSPS) is 10.6. The van der Waals surface area contributed by atoms with Crippen molar-refractivity contribution in [3.8, 4) is 11.4 Å². The Kier molecular flexibility index (Phi) is 5.93. The van der Waals surface area contributed by atoms with E-state index in [2.05, 4.69) is 10.4 Å². The van der Waals surface area contributed by atoms with Crippen molar-refractivity contribution in [1.82, 2.24) is 9.78 Å². The van der Waals surface area contributed by atoms with E-state index in [-0.39, 0.29) is 24.6 Å². The van der Waals surface area contributed by atoms with Crippen LogP contribution in [0.2, 0.25) is 0 Å². The molecule has 0 bridgehead atoms. The fourth-order valence-corrected chi connectivity index (χ4v) is 3.17. The zero-order valence-electron chi connectivity index (χ0n) is 16.9. The fourth-order valence-electron chi connectivity index (χ4n) is 3.17. The van der Waals surface area contributed by atoms with Gasteiger partial charge in [0, 0.05) is 0 Å². The van der Waals surface area contributed by atoms with E-state index >= 15 is 0 Å². The van der Waals surface area contributed by atoms with Crippen molar-refractivity contribution in [1.29, 1.82) is 0 Å². The number of ether oxygens (including phenoxy) is 2. The van der Waals surface area contributed by atoms with Crippen molar-refractivity contribution in [3.63, 3.8) is 0 Å². The highest BCUT2D eigenvalue weighted by molar-refractivity contribution is 6.01. The second kappa shape index (κ2) is 9.13. The Bertz CT molecular complexity index is 1220. The summed E-state index contributed by atoms with van der Waals surface area (Å²) in [7, 11) is 0. The van der Waals surface area contributed by atoms with Gasteiger partial charge in [-0.3, -0.25) is 4.79 Å². The molecular weight excluding hydrogens is 394 g/mol. The Hall–Kier alpha value is -4.13. The van der Waals surface area contributed by atoms with Gasteiger partial charge in [0.1, 0.15) is 11.3 Å². The minimum Gasteiger partial charge on any atom is -0.484 e. The predicted octanol–water partition coefficient (Wildman–Crippen LogP) is 4.22. The maximum absolute atomic E-state index is 12.6. The lowest BCUT2D eigenvalue weighted by Crippen LogP contribution is -2.23. The van der Waals surface area contributed by atoms with Crippen LogP contribution in [0.25, 0.3) is 16.5 Å². The Morgan fingerprint density at radius 3 is 2.48 bits per heavy atom. The van der Waals surface area contributed by atoms with Gasteiger partial charge in [-0.05, 0) is 42.0 Å². The topological polar surface area (TPSA) is 82.5 Å². The van der Waals surface area contributed by atoms with Gasteiger partial charge >= 0.3 is 5.97 Å². The second-order valence-electron chi connectivity index (χ2n) is 6.72. The average Bonchev–Trinajstić information content (AvgIpc) is 3.22. The van der Waals surface area contributed by atoms with Crippen LogP contribution in [-0.4, -0.2) is 34.9 Å². The number of fused-ring (bicyclic) bond motifs is 1. The number of para-hydroxylation sites is 1. The molecular formula is C24H21N3O4. The number of hydrogen-bond donors (Lipinski definition) is 1. The average molecular weight is 415 g/mol. The fraction of sp³-hybridized carbons (Fsp3) is 0.125. The third-order valence-electron chi connectivity index (χ3n) is 4.61. The largest absolute Gasteiger partial charge is 0.484 e. The van der Waals surface area contributed by atoms with E-state index < -0.39 is 11.9 Å². The number of amides is 1. The molecule has 4 aromatic rings. The molecule has 7 heteroatoms. The van der Waals surface area contributed by atoms with E-state index in [1.807, 2.05) is 72.8 Å². The summed E-state index contributed by atoms with van der Waals surface area (Å²) in [6.07, 6.45) is 1.38. The Balaban J connectivity index is 1.53. The second-order valence-corrected chi connectivity index (χ2v) is 6.72. The Morgan fingerprint density at radius 2 is 1.71 bits per heavy atom. The van der Waals surface area contributed by atoms with E-state index in [9.17, 15) is 9.59 Å². The van der Waals surface area contributed by atoms with Crippen molar-refractivity contribution in [2.75, 3.05) is 18.5 Å². The molecule has 4 rings (SSSR count). The molecule has 0 spiro atoms. The third kappa shape index (κ3) is 4.56. The van der Waals surface area contributed by atoms with E-state index in [4.69, 9.17) is 9.47 Å². The lowest BCUT2D eigenvalue weighted by atomic mass is 10.1. The van der Waals surface area contributed by atoms with Crippen LogP contribution in [0.3, 0.4) is 0 Å². The number of carbonyl (C=O) groups is 2. The monoisotopic (exact) mass is 415 g/mol. The first-order valence-corrected chi connectivity index (χ1v) is 9.87. The first-order chi connectivity index (χ1) is 15.2. The van der Waals surface area contributed by atoms with E-state index in [1.165, 1.54) is 10.9 Å². The lowest BCUT2D eigenvalue weighted by molar-refractivity contribution is -0.118. The summed E-state index contributed by atoms with van der Waals surface area (Å²) in [5, 5.41) is 9.10. The van der Waals surface area contributed by atoms with Crippen molar-refractivity contribution < 1.29 is 19.1 Å². The molecule has 7 nitrogen and oxygen atoms in total. The SMILES string of the molecule is CCOC(=O)c1cnn(-c2ccccc2)c1NC(=O)COc1ccc2ccccc2c1. The number of rotatable bonds is 7. The zero-order chi connectivity index (χ0) is 21.6. The molecule has 1 heterocycles. The number of anilines is 1. The summed E-state index contributed by atoms with van der Waals surface area (Å²) in [5.41, 5.74) is 0.869. The van der Waals surface area contributed by atoms with Gasteiger partial charge in [0.15, 0.2) is 12.4 Å². The molecule has 0 fully saturated rings. The van der Waals surface area contributed by atoms with Crippen LogP contribution in [0.5, 0.6) is 5.75 Å². The van der Waals surface area contributed by atoms with Crippen LogP contribution in [0.15, 0.2) is 79.0 Å². The quantitative estimate of drug-likeness (QED) is 0.457. The van der Waals surface area contributed by atoms with Gasteiger partial charge in [0.25, 0.3) is 5.91 Å². The van der Waals surface area contributed by atoms with Gasteiger partial charge in [-0.1, -0.05) is 48.5 Å². The maximum atomic E-state index is 12.6. The van der Waals surface area contributed by atoms with Crippen LogP contribution >= 0.6 is 0 Å². The molecule has 1 aromatic heterocycles. The van der Waals surface area contributed by atoms with E-state index in [1.54, 1.807) is 6.92 Å². The molecule has 1 amide bonds. The molecule has 0 radical (unpaired) electrons. The van der Waals surface area contributed by atoms with Crippen LogP contribution < -0.4 is 10.1 Å². The number of nitrogens with one attached hydrogen (secondary N) is 1. The van der Waals surface area contributed by atoms with Crippen molar-refractivity contribution in [2.24, 2.45) is 0 Å². The summed E-state index contributed by atoms with van der Waals surface area (Å²) in [6, 6.07) is 22.7. The molecule has 3 aromatic carbocycles. The summed E-state index contributed by atoms with van der Waals surface area (Å²) in [4.78, 5) is 25.0. The van der Waals surface area contributed by atoms with Crippen LogP contribution in [0.1, 0.15) is 17.3 Å². The molecule has 0 unspecified atom stereocenters. The van der Waals surface area contributed by atoms with E-state index in [0.29, 0.717) is 11.4 Å². The predicted molar refractivity (Wildman–Crippen MR) is 118 cm³/mol. The Morgan fingerprint density at radius 1 is 0.968 bits per heavy atom. The standard InChI is InChI=1S/C24H21N3O4/c1-2-30-24(29)21-15-25-27(19-10-4-3-5-11-19)23(21)26-22(28)16-31-20-13-12-17-8-6-7-9-18(17)14-20/h3-15H,2,16H2,1H3,(H,26,28). The highest BCUT2D eigenvalue weighted by atomic mass is 16.5. The zero-order valence-corrected chi connectivity index (χ0v) is 16.9. The number of aromatic nitrogens is 2. The smallest absolute Gasteiger partial charge is 0.343 e. The third-order valence-corrected chi connectivity index (χ3v) is 4.61. The van der Waals surface area contributed by atoms with Crippen molar-refractivity contribution in [3.05, 3.63) is 84.6 Å². The van der Waals surface area contributed by atoms with Gasteiger partial charge in [-0.25, -0.2) is 9.48 Å². The Labute approximate surface area is 179 Å². The summed E-state index contributed by atoms with van der Waals surface area (Å²) in [5.74, 6) is -0.167. The summed E-state index contributed by atoms with van der Waals surface area (Å²) < 4.78 is 12.2. The number of nitrogens with zero attached hydrogens (tertiary/aromatic N) is 2. The molecule has 1 N–H and O–H groups in total. The number of hydrogen-bond acceptors (Lipinski definition) is 5. The summed E-state index contributed by atoms with van der Waals surface area (Å²) >= 11 is 0. The van der Waals surface area contributed by atoms with Gasteiger partial charge in [0.2, 0.25) is 0 Å². The maximum Gasteiger partial charge on any atom is 0.343 e. The van der Waals surface area contributed by atoms with Crippen molar-refractivity contribution >= 4 is 28.5 Å². The number of carbonyl (C=O) groups excluding carboxylic acids is 2. The summed E-state index contributed by atoms with van der Waals surface area (Å²) in [6.45, 7) is 1.71. The highest BCUT2D eigenvalue weighted by Crippen LogP contribution is 2.23. The molecule has 31 heavy (non-hydrogen) atoms. The van der Waals surface area contributed by atoms with Crippen molar-refractivity contribution in [2.45, 2.75) is 6.92 Å². The first-order valence-electron chi connectivity index (χ1n) is 9.87. The highest BCUT2D eigenvalue weighted by Gasteiger charge is 2.21.